The molecule has 0 aromatic carbocycles. The first-order valence-corrected chi connectivity index (χ1v) is 7.26. The van der Waals surface area contributed by atoms with Gasteiger partial charge in [-0.25, -0.2) is 0 Å². The molecule has 1 aliphatic carbocycles. The molecular formula is C14H28N2O. The number of nitrogens with zero attached hydrogens (tertiary/aromatic N) is 1. The van der Waals surface area contributed by atoms with E-state index in [0.29, 0.717) is 18.1 Å². The molecule has 4 atom stereocenters. The van der Waals surface area contributed by atoms with Gasteiger partial charge in [0, 0.05) is 25.7 Å². The molecular weight excluding hydrogens is 212 g/mol. The minimum absolute atomic E-state index is 0.383. The van der Waals surface area contributed by atoms with Gasteiger partial charge in [0.1, 0.15) is 0 Å². The summed E-state index contributed by atoms with van der Waals surface area (Å²) in [6.07, 6.45) is 5.56. The number of ether oxygens (including phenoxy) is 1. The maximum atomic E-state index is 5.96. The van der Waals surface area contributed by atoms with Gasteiger partial charge >= 0.3 is 0 Å². The fraction of sp³-hybridized carbons (Fsp3) is 1.00. The molecule has 1 aliphatic heterocycles. The molecule has 0 radical (unpaired) electrons. The fourth-order valence-electron chi connectivity index (χ4n) is 3.46. The van der Waals surface area contributed by atoms with Crippen molar-refractivity contribution in [3.63, 3.8) is 0 Å². The highest BCUT2D eigenvalue weighted by Crippen LogP contribution is 2.32. The molecule has 1 heterocycles. The number of rotatable bonds is 2. The molecule has 1 saturated heterocycles. The zero-order valence-corrected chi connectivity index (χ0v) is 11.4. The Morgan fingerprint density at radius 2 is 2.12 bits per heavy atom. The lowest BCUT2D eigenvalue weighted by Crippen LogP contribution is -2.48. The van der Waals surface area contributed by atoms with E-state index in [4.69, 9.17) is 10.5 Å². The second-order valence-corrected chi connectivity index (χ2v) is 6.01. The first-order valence-electron chi connectivity index (χ1n) is 7.26. The Hall–Kier alpha value is -0.120. The summed E-state index contributed by atoms with van der Waals surface area (Å²) in [4.78, 5) is 2.66. The Kier molecular flexibility index (Phi) is 4.83. The summed E-state index contributed by atoms with van der Waals surface area (Å²) in [5.74, 6) is 1.57. The van der Waals surface area contributed by atoms with Crippen LogP contribution in [0.4, 0.5) is 0 Å². The quantitative estimate of drug-likeness (QED) is 0.800. The van der Waals surface area contributed by atoms with Gasteiger partial charge in [-0.05, 0) is 44.6 Å². The fourth-order valence-corrected chi connectivity index (χ4v) is 3.46. The minimum atomic E-state index is 0.383. The highest BCUT2D eigenvalue weighted by atomic mass is 16.5. The van der Waals surface area contributed by atoms with E-state index >= 15 is 0 Å². The Labute approximate surface area is 106 Å². The molecule has 17 heavy (non-hydrogen) atoms. The highest BCUT2D eigenvalue weighted by Gasteiger charge is 2.33. The van der Waals surface area contributed by atoms with E-state index in [1.807, 2.05) is 0 Å². The predicted octanol–water partition coefficient (Wildman–Crippen LogP) is 1.86. The summed E-state index contributed by atoms with van der Waals surface area (Å²) < 4.78 is 5.75. The van der Waals surface area contributed by atoms with Crippen molar-refractivity contribution in [2.24, 2.45) is 17.6 Å². The topological polar surface area (TPSA) is 38.5 Å². The van der Waals surface area contributed by atoms with Crippen molar-refractivity contribution in [2.75, 3.05) is 26.2 Å². The van der Waals surface area contributed by atoms with Crippen LogP contribution in [-0.2, 0) is 4.74 Å². The van der Waals surface area contributed by atoms with E-state index in [2.05, 4.69) is 18.7 Å². The van der Waals surface area contributed by atoms with Crippen LogP contribution in [0, 0.1) is 11.8 Å². The summed E-state index contributed by atoms with van der Waals surface area (Å²) in [6.45, 7) is 8.64. The van der Waals surface area contributed by atoms with Crippen molar-refractivity contribution in [2.45, 2.75) is 51.7 Å². The summed E-state index contributed by atoms with van der Waals surface area (Å²) in [5, 5.41) is 0. The molecule has 2 N–H and O–H groups in total. The van der Waals surface area contributed by atoms with Crippen LogP contribution < -0.4 is 5.73 Å². The van der Waals surface area contributed by atoms with Crippen molar-refractivity contribution in [1.29, 1.82) is 0 Å². The van der Waals surface area contributed by atoms with Crippen LogP contribution in [-0.4, -0.2) is 43.3 Å². The lowest BCUT2D eigenvalue weighted by atomic mass is 9.78. The van der Waals surface area contributed by atoms with Crippen LogP contribution in [0.2, 0.25) is 0 Å². The number of hydrogen-bond acceptors (Lipinski definition) is 3. The van der Waals surface area contributed by atoms with Crippen LogP contribution in [0.15, 0.2) is 0 Å². The standard InChI is InChI=1S/C14H28N2O/c1-11-4-5-13(9-15)14(8-11)16-6-3-7-17-12(2)10-16/h11-14H,3-10,15H2,1-2H3. The average Bonchev–Trinajstić information content (AvgIpc) is 2.54. The summed E-state index contributed by atoms with van der Waals surface area (Å²) in [7, 11) is 0. The first kappa shape index (κ1) is 13.3. The third kappa shape index (κ3) is 3.43. The van der Waals surface area contributed by atoms with E-state index < -0.39 is 0 Å². The molecule has 0 bridgehead atoms. The normalized spacial score (nSPS) is 41.1. The maximum absolute atomic E-state index is 5.96. The number of hydrogen-bond donors (Lipinski definition) is 1. The van der Waals surface area contributed by atoms with Gasteiger partial charge in [-0.3, -0.25) is 4.90 Å². The lowest BCUT2D eigenvalue weighted by molar-refractivity contribution is 0.0395. The van der Waals surface area contributed by atoms with Crippen molar-refractivity contribution in [1.82, 2.24) is 4.90 Å². The molecule has 4 unspecified atom stereocenters. The SMILES string of the molecule is CC1CCC(CN)C(N2CCCOC(C)C2)C1. The smallest absolute Gasteiger partial charge is 0.0674 e. The Bertz CT molecular complexity index is 234. The van der Waals surface area contributed by atoms with Gasteiger partial charge in [-0.15, -0.1) is 0 Å². The molecule has 0 aromatic heterocycles. The van der Waals surface area contributed by atoms with Gasteiger partial charge in [-0.1, -0.05) is 13.3 Å². The van der Waals surface area contributed by atoms with Crippen molar-refractivity contribution < 1.29 is 4.74 Å². The third-order valence-electron chi connectivity index (χ3n) is 4.47. The first-order chi connectivity index (χ1) is 8.20. The highest BCUT2D eigenvalue weighted by molar-refractivity contribution is 4.87. The van der Waals surface area contributed by atoms with E-state index in [1.165, 1.54) is 32.2 Å². The Morgan fingerprint density at radius 1 is 1.29 bits per heavy atom. The Balaban J connectivity index is 2.00. The van der Waals surface area contributed by atoms with Crippen molar-refractivity contribution >= 4 is 0 Å². The molecule has 3 nitrogen and oxygen atoms in total. The molecule has 1 saturated carbocycles. The molecule has 0 spiro atoms. The zero-order chi connectivity index (χ0) is 12.3. The Morgan fingerprint density at radius 3 is 2.88 bits per heavy atom. The average molecular weight is 240 g/mol. The molecule has 0 amide bonds. The van der Waals surface area contributed by atoms with Crippen LogP contribution in [0.25, 0.3) is 0 Å². The van der Waals surface area contributed by atoms with Crippen LogP contribution >= 0.6 is 0 Å². The second-order valence-electron chi connectivity index (χ2n) is 6.01. The monoisotopic (exact) mass is 240 g/mol. The van der Waals surface area contributed by atoms with Gasteiger partial charge in [0.15, 0.2) is 0 Å². The van der Waals surface area contributed by atoms with E-state index in [1.54, 1.807) is 0 Å². The van der Waals surface area contributed by atoms with Gasteiger partial charge in [0.25, 0.3) is 0 Å². The minimum Gasteiger partial charge on any atom is -0.377 e. The number of nitrogens with two attached hydrogens (primary N) is 1. The van der Waals surface area contributed by atoms with E-state index in [0.717, 1.165) is 25.6 Å². The zero-order valence-electron chi connectivity index (χ0n) is 11.4. The van der Waals surface area contributed by atoms with Crippen molar-refractivity contribution in [3.05, 3.63) is 0 Å². The van der Waals surface area contributed by atoms with Crippen LogP contribution in [0.3, 0.4) is 0 Å². The summed E-state index contributed by atoms with van der Waals surface area (Å²) in [6, 6.07) is 0.702. The van der Waals surface area contributed by atoms with Gasteiger partial charge in [0.05, 0.1) is 6.10 Å². The van der Waals surface area contributed by atoms with Gasteiger partial charge < -0.3 is 10.5 Å². The molecule has 100 valence electrons. The lowest BCUT2D eigenvalue weighted by Gasteiger charge is -2.41. The molecule has 0 aromatic rings. The maximum Gasteiger partial charge on any atom is 0.0674 e. The van der Waals surface area contributed by atoms with Gasteiger partial charge in [-0.2, -0.15) is 0 Å². The second kappa shape index (κ2) is 6.17. The van der Waals surface area contributed by atoms with Crippen molar-refractivity contribution in [3.8, 4) is 0 Å². The molecule has 2 aliphatic rings. The van der Waals surface area contributed by atoms with Crippen LogP contribution in [0.1, 0.15) is 39.5 Å². The van der Waals surface area contributed by atoms with Gasteiger partial charge in [0.2, 0.25) is 0 Å². The summed E-state index contributed by atoms with van der Waals surface area (Å²) >= 11 is 0. The van der Waals surface area contributed by atoms with E-state index in [-0.39, 0.29) is 0 Å². The third-order valence-corrected chi connectivity index (χ3v) is 4.47. The van der Waals surface area contributed by atoms with Crippen LogP contribution in [0.5, 0.6) is 0 Å². The molecule has 2 fully saturated rings. The largest absolute Gasteiger partial charge is 0.377 e. The summed E-state index contributed by atoms with van der Waals surface area (Å²) in [5.41, 5.74) is 5.96. The predicted molar refractivity (Wildman–Crippen MR) is 71.0 cm³/mol. The van der Waals surface area contributed by atoms with E-state index in [9.17, 15) is 0 Å². The molecule has 3 heteroatoms. The molecule has 2 rings (SSSR count).